The van der Waals surface area contributed by atoms with Crippen molar-refractivity contribution in [2.24, 2.45) is 0 Å². The number of rotatable bonds is 7. The minimum Gasteiger partial charge on any atom is -0.493 e. The van der Waals surface area contributed by atoms with Gasteiger partial charge in [-0.25, -0.2) is 17.1 Å². The van der Waals surface area contributed by atoms with Crippen LogP contribution in [0.25, 0.3) is 0 Å². The standard InChI is InChI=1S/C20H24FNO5S/c1-26-20-13-16(21)7-8-19(20)27-17-9-11-22(12-10-17)28(24,25)14-18(23)15-5-3-2-4-6-15/h2-8,13,17-18,23H,9-12,14H2,1H3/t18-/m0/s1. The Hall–Kier alpha value is -2.16. The van der Waals surface area contributed by atoms with Crippen molar-refractivity contribution in [1.29, 1.82) is 0 Å². The number of halogens is 1. The SMILES string of the molecule is COc1cc(F)ccc1OC1CCN(S(=O)(=O)C[C@H](O)c2ccccc2)CC1. The van der Waals surface area contributed by atoms with E-state index in [0.29, 0.717) is 43.0 Å². The molecule has 2 aromatic carbocycles. The number of ether oxygens (including phenoxy) is 2. The van der Waals surface area contributed by atoms with Crippen LogP contribution in [0.15, 0.2) is 48.5 Å². The zero-order valence-electron chi connectivity index (χ0n) is 15.6. The molecular weight excluding hydrogens is 385 g/mol. The summed E-state index contributed by atoms with van der Waals surface area (Å²) in [5.74, 6) is -0.0262. The number of sulfonamides is 1. The monoisotopic (exact) mass is 409 g/mol. The quantitative estimate of drug-likeness (QED) is 0.761. The summed E-state index contributed by atoms with van der Waals surface area (Å²) in [6, 6.07) is 12.8. The first-order valence-corrected chi connectivity index (χ1v) is 10.7. The molecule has 28 heavy (non-hydrogen) atoms. The molecule has 1 atom stereocenters. The highest BCUT2D eigenvalue weighted by Gasteiger charge is 2.31. The molecule has 1 aliphatic rings. The number of aliphatic hydroxyl groups excluding tert-OH is 1. The van der Waals surface area contributed by atoms with E-state index < -0.39 is 21.9 Å². The maximum Gasteiger partial charge on any atom is 0.217 e. The van der Waals surface area contributed by atoms with Crippen LogP contribution in [-0.2, 0) is 10.0 Å². The van der Waals surface area contributed by atoms with Gasteiger partial charge in [-0.05, 0) is 30.5 Å². The molecule has 2 aromatic rings. The van der Waals surface area contributed by atoms with Crippen molar-refractivity contribution in [3.8, 4) is 11.5 Å². The number of hydrogen-bond acceptors (Lipinski definition) is 5. The van der Waals surface area contributed by atoms with Crippen LogP contribution in [0, 0.1) is 5.82 Å². The number of nitrogens with zero attached hydrogens (tertiary/aromatic N) is 1. The van der Waals surface area contributed by atoms with E-state index in [1.165, 1.54) is 29.6 Å². The molecule has 0 unspecified atom stereocenters. The van der Waals surface area contributed by atoms with Gasteiger partial charge in [-0.3, -0.25) is 0 Å². The van der Waals surface area contributed by atoms with E-state index in [2.05, 4.69) is 0 Å². The lowest BCUT2D eigenvalue weighted by Crippen LogP contribution is -2.43. The molecule has 0 saturated carbocycles. The molecular formula is C20H24FNO5S. The lowest BCUT2D eigenvalue weighted by atomic mass is 10.1. The second-order valence-corrected chi connectivity index (χ2v) is 8.73. The lowest BCUT2D eigenvalue weighted by Gasteiger charge is -2.32. The molecule has 152 valence electrons. The fourth-order valence-corrected chi connectivity index (χ4v) is 4.79. The van der Waals surface area contributed by atoms with Gasteiger partial charge in [0.25, 0.3) is 0 Å². The van der Waals surface area contributed by atoms with Gasteiger partial charge in [-0.1, -0.05) is 30.3 Å². The van der Waals surface area contributed by atoms with Gasteiger partial charge in [0.1, 0.15) is 11.9 Å². The Morgan fingerprint density at radius 3 is 2.46 bits per heavy atom. The third-order valence-corrected chi connectivity index (χ3v) is 6.66. The normalized spacial score (nSPS) is 17.2. The Morgan fingerprint density at radius 1 is 1.14 bits per heavy atom. The summed E-state index contributed by atoms with van der Waals surface area (Å²) in [7, 11) is -2.15. The predicted molar refractivity (Wildman–Crippen MR) is 103 cm³/mol. The average molecular weight is 409 g/mol. The first-order valence-electron chi connectivity index (χ1n) is 9.10. The Kier molecular flexibility index (Phi) is 6.53. The molecule has 0 aromatic heterocycles. The van der Waals surface area contributed by atoms with Crippen LogP contribution >= 0.6 is 0 Å². The van der Waals surface area contributed by atoms with Crippen molar-refractivity contribution in [1.82, 2.24) is 4.31 Å². The summed E-state index contributed by atoms with van der Waals surface area (Å²) >= 11 is 0. The van der Waals surface area contributed by atoms with Gasteiger partial charge < -0.3 is 14.6 Å². The Balaban J connectivity index is 1.57. The van der Waals surface area contributed by atoms with Gasteiger partial charge in [-0.2, -0.15) is 0 Å². The van der Waals surface area contributed by atoms with E-state index in [1.54, 1.807) is 24.3 Å². The zero-order valence-corrected chi connectivity index (χ0v) is 16.4. The molecule has 0 bridgehead atoms. The zero-order chi connectivity index (χ0) is 20.1. The summed E-state index contributed by atoms with van der Waals surface area (Å²) in [5.41, 5.74) is 0.577. The Morgan fingerprint density at radius 2 is 1.82 bits per heavy atom. The van der Waals surface area contributed by atoms with Crippen LogP contribution in [0.3, 0.4) is 0 Å². The van der Waals surface area contributed by atoms with Crippen molar-refractivity contribution < 1.29 is 27.4 Å². The Bertz CT molecular complexity index is 883. The van der Waals surface area contributed by atoms with E-state index in [4.69, 9.17) is 9.47 Å². The third-order valence-electron chi connectivity index (χ3n) is 4.77. The fraction of sp³-hybridized carbons (Fsp3) is 0.400. The van der Waals surface area contributed by atoms with Gasteiger partial charge in [0.15, 0.2) is 11.5 Å². The largest absolute Gasteiger partial charge is 0.493 e. The highest BCUT2D eigenvalue weighted by Crippen LogP contribution is 2.30. The topological polar surface area (TPSA) is 76.1 Å². The second-order valence-electron chi connectivity index (χ2n) is 6.72. The first kappa shape index (κ1) is 20.6. The third kappa shape index (κ3) is 5.01. The van der Waals surface area contributed by atoms with Crippen LogP contribution < -0.4 is 9.47 Å². The number of aliphatic hydroxyl groups is 1. The van der Waals surface area contributed by atoms with Gasteiger partial charge in [0, 0.05) is 19.2 Å². The number of hydrogen-bond donors (Lipinski definition) is 1. The number of piperidine rings is 1. The van der Waals surface area contributed by atoms with Crippen LogP contribution in [-0.4, -0.2) is 49.9 Å². The van der Waals surface area contributed by atoms with E-state index in [0.717, 1.165) is 0 Å². The van der Waals surface area contributed by atoms with Crippen LogP contribution in [0.1, 0.15) is 24.5 Å². The highest BCUT2D eigenvalue weighted by atomic mass is 32.2. The Labute approximate surface area is 164 Å². The van der Waals surface area contributed by atoms with E-state index in [9.17, 15) is 17.9 Å². The molecule has 0 radical (unpaired) electrons. The van der Waals surface area contributed by atoms with Crippen LogP contribution in [0.4, 0.5) is 4.39 Å². The van der Waals surface area contributed by atoms with Crippen molar-refractivity contribution in [3.05, 3.63) is 59.9 Å². The minimum absolute atomic E-state index is 0.190. The smallest absolute Gasteiger partial charge is 0.217 e. The first-order chi connectivity index (χ1) is 13.4. The predicted octanol–water partition coefficient (Wildman–Crippen LogP) is 2.74. The lowest BCUT2D eigenvalue weighted by molar-refractivity contribution is 0.129. The molecule has 0 amide bonds. The van der Waals surface area contributed by atoms with Crippen molar-refractivity contribution in [2.45, 2.75) is 25.0 Å². The summed E-state index contributed by atoms with van der Waals surface area (Å²) in [4.78, 5) is 0. The molecule has 8 heteroatoms. The molecule has 1 N–H and O–H groups in total. The molecule has 3 rings (SSSR count). The molecule has 0 spiro atoms. The number of benzene rings is 2. The maximum atomic E-state index is 13.3. The van der Waals surface area contributed by atoms with Gasteiger partial charge >= 0.3 is 0 Å². The van der Waals surface area contributed by atoms with E-state index in [-0.39, 0.29) is 11.9 Å². The number of methoxy groups -OCH3 is 1. The molecule has 0 aliphatic carbocycles. The van der Waals surface area contributed by atoms with Gasteiger partial charge in [0.05, 0.1) is 19.0 Å². The van der Waals surface area contributed by atoms with Crippen molar-refractivity contribution in [2.75, 3.05) is 26.0 Å². The minimum atomic E-state index is -3.59. The molecule has 1 heterocycles. The summed E-state index contributed by atoms with van der Waals surface area (Å²) in [5, 5.41) is 10.2. The van der Waals surface area contributed by atoms with Gasteiger partial charge in [0.2, 0.25) is 10.0 Å². The van der Waals surface area contributed by atoms with Crippen LogP contribution in [0.5, 0.6) is 11.5 Å². The molecule has 1 aliphatic heterocycles. The summed E-state index contributed by atoms with van der Waals surface area (Å²) in [6.07, 6.45) is -0.254. The summed E-state index contributed by atoms with van der Waals surface area (Å²) in [6.45, 7) is 0.607. The van der Waals surface area contributed by atoms with E-state index >= 15 is 0 Å². The van der Waals surface area contributed by atoms with Gasteiger partial charge in [-0.15, -0.1) is 0 Å². The molecule has 1 fully saturated rings. The summed E-state index contributed by atoms with van der Waals surface area (Å²) < 4.78 is 51.0. The van der Waals surface area contributed by atoms with Crippen molar-refractivity contribution in [3.63, 3.8) is 0 Å². The second kappa shape index (κ2) is 8.89. The highest BCUT2D eigenvalue weighted by molar-refractivity contribution is 7.89. The van der Waals surface area contributed by atoms with Crippen LogP contribution in [0.2, 0.25) is 0 Å². The maximum absolute atomic E-state index is 13.3. The fourth-order valence-electron chi connectivity index (χ4n) is 3.22. The molecule has 6 nitrogen and oxygen atoms in total. The van der Waals surface area contributed by atoms with E-state index in [1.807, 2.05) is 6.07 Å². The van der Waals surface area contributed by atoms with Crippen molar-refractivity contribution >= 4 is 10.0 Å². The average Bonchev–Trinajstić information content (AvgIpc) is 2.70. The molecule has 1 saturated heterocycles.